The monoisotopic (exact) mass is 434 g/mol. The number of carbonyl (C=O) groups is 2. The van der Waals surface area contributed by atoms with Crippen LogP contribution < -0.4 is 16.2 Å². The maximum Gasteiger partial charge on any atom is 0.338 e. The van der Waals surface area contributed by atoms with Crippen molar-refractivity contribution >= 4 is 35.1 Å². The van der Waals surface area contributed by atoms with Gasteiger partial charge in [0.15, 0.2) is 5.16 Å². The Morgan fingerprint density at radius 1 is 1.34 bits per heavy atom. The summed E-state index contributed by atoms with van der Waals surface area (Å²) in [5.41, 5.74) is 1.29. The van der Waals surface area contributed by atoms with Crippen molar-refractivity contribution < 1.29 is 14.3 Å². The van der Waals surface area contributed by atoms with E-state index in [9.17, 15) is 14.4 Å². The van der Waals surface area contributed by atoms with Gasteiger partial charge in [-0.05, 0) is 24.8 Å². The summed E-state index contributed by atoms with van der Waals surface area (Å²) >= 11 is 2.70. The van der Waals surface area contributed by atoms with Gasteiger partial charge >= 0.3 is 12.0 Å². The fourth-order valence-corrected chi connectivity index (χ4v) is 4.57. The summed E-state index contributed by atoms with van der Waals surface area (Å²) < 4.78 is 5.23. The van der Waals surface area contributed by atoms with E-state index in [1.165, 1.54) is 29.2 Å². The average Bonchev–Trinajstić information content (AvgIpc) is 3.20. The number of thioether (sulfide) groups is 1. The fraction of sp³-hybridized carbons (Fsp3) is 0.368. The summed E-state index contributed by atoms with van der Waals surface area (Å²) in [5, 5.41) is 7.83. The number of thiophene rings is 1. The van der Waals surface area contributed by atoms with E-state index in [4.69, 9.17) is 4.74 Å². The summed E-state index contributed by atoms with van der Waals surface area (Å²) in [6, 6.07) is 4.22. The first-order valence-corrected chi connectivity index (χ1v) is 11.1. The number of hydrogen-bond acceptors (Lipinski definition) is 7. The lowest BCUT2D eigenvalue weighted by Gasteiger charge is -2.28. The van der Waals surface area contributed by atoms with Crippen molar-refractivity contribution in [3.05, 3.63) is 55.8 Å². The third kappa shape index (κ3) is 5.27. The number of aryl methyl sites for hydroxylation is 1. The largest absolute Gasteiger partial charge is 0.463 e. The molecule has 0 aliphatic carbocycles. The molecule has 1 aliphatic heterocycles. The Morgan fingerprint density at radius 2 is 2.17 bits per heavy atom. The Hall–Kier alpha value is -2.59. The van der Waals surface area contributed by atoms with Crippen LogP contribution in [0.5, 0.6) is 0 Å². The van der Waals surface area contributed by atoms with Gasteiger partial charge in [0.1, 0.15) is 0 Å². The minimum absolute atomic E-state index is 0.224. The van der Waals surface area contributed by atoms with Gasteiger partial charge in [0.2, 0.25) is 0 Å². The van der Waals surface area contributed by atoms with Crippen LogP contribution in [0.25, 0.3) is 0 Å². The zero-order valence-electron chi connectivity index (χ0n) is 16.1. The van der Waals surface area contributed by atoms with E-state index in [1.54, 1.807) is 6.92 Å². The van der Waals surface area contributed by atoms with Gasteiger partial charge in [-0.1, -0.05) is 31.2 Å². The van der Waals surface area contributed by atoms with Crippen LogP contribution >= 0.6 is 23.1 Å². The van der Waals surface area contributed by atoms with Crippen molar-refractivity contribution in [1.82, 2.24) is 20.6 Å². The molecule has 0 fully saturated rings. The molecule has 29 heavy (non-hydrogen) atoms. The van der Waals surface area contributed by atoms with Crippen LogP contribution in [-0.4, -0.2) is 34.3 Å². The van der Waals surface area contributed by atoms with Gasteiger partial charge < -0.3 is 20.4 Å². The lowest BCUT2D eigenvalue weighted by Crippen LogP contribution is -2.46. The second-order valence-electron chi connectivity index (χ2n) is 6.24. The molecule has 0 saturated heterocycles. The van der Waals surface area contributed by atoms with E-state index in [-0.39, 0.29) is 17.9 Å². The number of nitrogens with zero attached hydrogens (tertiary/aromatic N) is 1. The van der Waals surface area contributed by atoms with Crippen LogP contribution in [0, 0.1) is 0 Å². The van der Waals surface area contributed by atoms with Crippen LogP contribution in [0.2, 0.25) is 0 Å². The second kappa shape index (κ2) is 9.75. The zero-order chi connectivity index (χ0) is 20.8. The molecule has 10 heteroatoms. The van der Waals surface area contributed by atoms with E-state index < -0.39 is 18.0 Å². The van der Waals surface area contributed by atoms with Gasteiger partial charge in [0, 0.05) is 28.1 Å². The van der Waals surface area contributed by atoms with E-state index in [0.717, 1.165) is 11.3 Å². The molecule has 154 valence electrons. The number of esters is 1. The summed E-state index contributed by atoms with van der Waals surface area (Å²) in [4.78, 5) is 44.8. The standard InChI is InChI=1S/C19H22N4O4S2/c1-3-6-11-9-14(24)22-19(20-11)29-10-12-15(17(25)27-4-2)16(23-18(26)21-12)13-7-5-8-28-13/h5,7-9,16H,3-4,6,10H2,1-2H3,(H,20,22,24)(H2,21,23,26)/t16-/m1/s1. The molecule has 3 N–H and O–H groups in total. The van der Waals surface area contributed by atoms with Crippen molar-refractivity contribution in [2.45, 2.75) is 37.9 Å². The quantitative estimate of drug-likeness (QED) is 0.334. The molecule has 0 radical (unpaired) electrons. The Kier molecular flexibility index (Phi) is 7.10. The highest BCUT2D eigenvalue weighted by Crippen LogP contribution is 2.32. The molecule has 0 saturated carbocycles. The van der Waals surface area contributed by atoms with Crippen molar-refractivity contribution in [2.75, 3.05) is 12.4 Å². The van der Waals surface area contributed by atoms with E-state index >= 15 is 0 Å². The highest BCUT2D eigenvalue weighted by molar-refractivity contribution is 7.99. The van der Waals surface area contributed by atoms with Crippen LogP contribution in [0.4, 0.5) is 4.79 Å². The van der Waals surface area contributed by atoms with Gasteiger partial charge in [-0.3, -0.25) is 4.79 Å². The molecule has 0 aromatic carbocycles. The topological polar surface area (TPSA) is 113 Å². The number of urea groups is 1. The maximum absolute atomic E-state index is 12.7. The Labute approximate surface area is 176 Å². The Bertz CT molecular complexity index is 969. The molecule has 1 atom stereocenters. The van der Waals surface area contributed by atoms with Crippen LogP contribution in [0.15, 0.2) is 44.8 Å². The van der Waals surface area contributed by atoms with E-state index in [0.29, 0.717) is 28.5 Å². The number of aromatic amines is 1. The average molecular weight is 435 g/mol. The van der Waals surface area contributed by atoms with Gasteiger partial charge in [0.25, 0.3) is 5.56 Å². The first kappa shape index (κ1) is 21.1. The number of H-pyrrole nitrogens is 1. The molecular weight excluding hydrogens is 412 g/mol. The number of aromatic nitrogens is 2. The van der Waals surface area contributed by atoms with Gasteiger partial charge in [-0.25, -0.2) is 14.6 Å². The molecule has 3 heterocycles. The molecule has 8 nitrogen and oxygen atoms in total. The van der Waals surface area contributed by atoms with Gasteiger partial charge in [-0.15, -0.1) is 11.3 Å². The lowest BCUT2D eigenvalue weighted by molar-refractivity contribution is -0.139. The van der Waals surface area contributed by atoms with E-state index in [1.807, 2.05) is 24.4 Å². The SMILES string of the molecule is CCCc1cc(=O)[nH]c(SCC2=C(C(=O)OCC)[C@@H](c3cccs3)NC(=O)N2)n1. The zero-order valence-corrected chi connectivity index (χ0v) is 17.7. The van der Waals surface area contributed by atoms with Crippen molar-refractivity contribution in [3.63, 3.8) is 0 Å². The molecule has 2 amide bonds. The maximum atomic E-state index is 12.7. The van der Waals surface area contributed by atoms with E-state index in [2.05, 4.69) is 20.6 Å². The number of nitrogens with one attached hydrogen (secondary N) is 3. The minimum Gasteiger partial charge on any atom is -0.463 e. The molecular formula is C19H22N4O4S2. The summed E-state index contributed by atoms with van der Waals surface area (Å²) in [7, 11) is 0. The molecule has 1 aliphatic rings. The third-order valence-corrected chi connectivity index (χ3v) is 5.95. The predicted molar refractivity (Wildman–Crippen MR) is 112 cm³/mol. The Morgan fingerprint density at radius 3 is 2.86 bits per heavy atom. The first-order valence-electron chi connectivity index (χ1n) is 9.26. The first-order chi connectivity index (χ1) is 14.0. The van der Waals surface area contributed by atoms with Crippen LogP contribution in [0.3, 0.4) is 0 Å². The number of amides is 2. The number of carbonyl (C=O) groups excluding carboxylic acids is 2. The van der Waals surface area contributed by atoms with Crippen molar-refractivity contribution in [2.24, 2.45) is 0 Å². The highest BCUT2D eigenvalue weighted by Gasteiger charge is 2.34. The van der Waals surface area contributed by atoms with Gasteiger partial charge in [-0.2, -0.15) is 0 Å². The molecule has 2 aromatic heterocycles. The second-order valence-corrected chi connectivity index (χ2v) is 8.18. The summed E-state index contributed by atoms with van der Waals surface area (Å²) in [5.74, 6) is -0.239. The molecule has 0 bridgehead atoms. The summed E-state index contributed by atoms with van der Waals surface area (Å²) in [6.07, 6.45) is 1.58. The van der Waals surface area contributed by atoms with Crippen LogP contribution in [-0.2, 0) is 16.0 Å². The minimum atomic E-state index is -0.586. The lowest BCUT2D eigenvalue weighted by atomic mass is 10.0. The Balaban J connectivity index is 1.92. The molecule has 3 rings (SSSR count). The number of rotatable bonds is 8. The summed E-state index contributed by atoms with van der Waals surface area (Å²) in [6.45, 7) is 3.97. The van der Waals surface area contributed by atoms with Crippen molar-refractivity contribution in [3.8, 4) is 0 Å². The molecule has 0 unspecified atom stereocenters. The van der Waals surface area contributed by atoms with Gasteiger partial charge in [0.05, 0.1) is 18.2 Å². The highest BCUT2D eigenvalue weighted by atomic mass is 32.2. The predicted octanol–water partition coefficient (Wildman–Crippen LogP) is 2.75. The molecule has 2 aromatic rings. The number of ether oxygens (including phenoxy) is 1. The van der Waals surface area contributed by atoms with Crippen LogP contribution in [0.1, 0.15) is 36.9 Å². The normalized spacial score (nSPS) is 16.3. The fourth-order valence-electron chi connectivity index (χ4n) is 2.93. The smallest absolute Gasteiger partial charge is 0.338 e. The number of hydrogen-bond donors (Lipinski definition) is 3. The third-order valence-electron chi connectivity index (χ3n) is 4.11. The van der Waals surface area contributed by atoms with Crippen molar-refractivity contribution in [1.29, 1.82) is 0 Å². The molecule has 0 spiro atoms.